The van der Waals surface area contributed by atoms with Crippen molar-refractivity contribution in [1.29, 1.82) is 0 Å². The van der Waals surface area contributed by atoms with Gasteiger partial charge in [0.1, 0.15) is 17.5 Å². The molecule has 1 aliphatic rings. The van der Waals surface area contributed by atoms with E-state index < -0.39 is 12.0 Å². The van der Waals surface area contributed by atoms with Gasteiger partial charge in [-0.25, -0.2) is 9.79 Å². The van der Waals surface area contributed by atoms with Crippen LogP contribution in [0.4, 0.5) is 5.69 Å². The van der Waals surface area contributed by atoms with Gasteiger partial charge in [-0.1, -0.05) is 29.5 Å². The third kappa shape index (κ3) is 4.98. The van der Waals surface area contributed by atoms with Crippen molar-refractivity contribution in [3.8, 4) is 11.5 Å². The molecular weight excluding hydrogens is 502 g/mol. The normalized spacial score (nSPS) is 15.1. The highest BCUT2D eigenvalue weighted by atomic mass is 32.1. The predicted molar refractivity (Wildman–Crippen MR) is 150 cm³/mol. The molecule has 38 heavy (non-hydrogen) atoms. The average molecular weight is 536 g/mol. The van der Waals surface area contributed by atoms with Crippen LogP contribution in [0.15, 0.2) is 63.5 Å². The molecule has 0 aliphatic carbocycles. The standard InChI is InChI=1S/C29H33N3O5S/c1-7-31(8-2)20-15-14-19(23(17-20)36-6)16-24-27(33)32-26(21-12-10-11-13-22(21)35-5)25(28(34)37-9-3)18(4)30-29(32)38-24/h10-17,26H,7-9H2,1-6H3/b24-16+/t26-/m1/s1. The van der Waals surface area contributed by atoms with Gasteiger partial charge in [-0.2, -0.15) is 0 Å². The third-order valence-corrected chi connectivity index (χ3v) is 7.57. The summed E-state index contributed by atoms with van der Waals surface area (Å²) in [5.41, 5.74) is 3.08. The number of methoxy groups -OCH3 is 2. The van der Waals surface area contributed by atoms with Gasteiger partial charge in [-0.15, -0.1) is 0 Å². The summed E-state index contributed by atoms with van der Waals surface area (Å²) in [6.07, 6.45) is 1.82. The Morgan fingerprint density at radius 3 is 2.45 bits per heavy atom. The second-order valence-electron chi connectivity index (χ2n) is 8.64. The lowest BCUT2D eigenvalue weighted by Crippen LogP contribution is -2.40. The number of allylic oxidation sites excluding steroid dienone is 1. The number of hydrogen-bond donors (Lipinski definition) is 0. The monoisotopic (exact) mass is 535 g/mol. The van der Waals surface area contributed by atoms with Gasteiger partial charge in [0, 0.05) is 36.0 Å². The maximum Gasteiger partial charge on any atom is 0.338 e. The van der Waals surface area contributed by atoms with E-state index in [4.69, 9.17) is 14.2 Å². The Morgan fingerprint density at radius 1 is 1.08 bits per heavy atom. The van der Waals surface area contributed by atoms with Crippen molar-refractivity contribution in [3.63, 3.8) is 0 Å². The Kier molecular flexibility index (Phi) is 8.36. The number of thiazole rings is 1. The zero-order chi connectivity index (χ0) is 27.4. The summed E-state index contributed by atoms with van der Waals surface area (Å²) in [4.78, 5) is 34.4. The minimum absolute atomic E-state index is 0.210. The number of benzene rings is 2. The number of ether oxygens (including phenoxy) is 3. The number of para-hydroxylation sites is 1. The molecule has 9 heteroatoms. The van der Waals surface area contributed by atoms with Crippen molar-refractivity contribution in [2.45, 2.75) is 33.7 Å². The molecule has 2 aromatic carbocycles. The van der Waals surface area contributed by atoms with Crippen molar-refractivity contribution < 1.29 is 19.0 Å². The van der Waals surface area contributed by atoms with Crippen LogP contribution in [0, 0.1) is 0 Å². The van der Waals surface area contributed by atoms with Crippen molar-refractivity contribution >= 4 is 29.1 Å². The van der Waals surface area contributed by atoms with Crippen LogP contribution in [-0.4, -0.2) is 44.5 Å². The molecule has 1 aliphatic heterocycles. The predicted octanol–water partition coefficient (Wildman–Crippen LogP) is 3.66. The molecule has 200 valence electrons. The van der Waals surface area contributed by atoms with Gasteiger partial charge < -0.3 is 19.1 Å². The molecule has 0 saturated heterocycles. The fourth-order valence-electron chi connectivity index (χ4n) is 4.72. The molecule has 0 saturated carbocycles. The van der Waals surface area contributed by atoms with Gasteiger partial charge in [0.05, 0.1) is 36.6 Å². The lowest BCUT2D eigenvalue weighted by Gasteiger charge is -2.25. The van der Waals surface area contributed by atoms with E-state index in [0.717, 1.165) is 24.3 Å². The Hall–Kier alpha value is -3.85. The molecule has 0 fully saturated rings. The van der Waals surface area contributed by atoms with E-state index in [0.29, 0.717) is 37.7 Å². The molecule has 1 aromatic heterocycles. The zero-order valence-electron chi connectivity index (χ0n) is 22.6. The number of carbonyl (C=O) groups excluding carboxylic acids is 1. The maximum absolute atomic E-state index is 13.9. The number of fused-ring (bicyclic) bond motifs is 1. The first-order valence-electron chi connectivity index (χ1n) is 12.6. The van der Waals surface area contributed by atoms with Gasteiger partial charge in [0.15, 0.2) is 4.80 Å². The second kappa shape index (κ2) is 11.7. The second-order valence-corrected chi connectivity index (χ2v) is 9.65. The van der Waals surface area contributed by atoms with Crippen molar-refractivity contribution in [2.75, 3.05) is 38.8 Å². The van der Waals surface area contributed by atoms with Crippen LogP contribution in [0.3, 0.4) is 0 Å². The van der Waals surface area contributed by atoms with Crippen molar-refractivity contribution in [1.82, 2.24) is 4.57 Å². The van der Waals surface area contributed by atoms with Crippen LogP contribution in [0.5, 0.6) is 11.5 Å². The van der Waals surface area contributed by atoms with Crippen molar-refractivity contribution in [3.05, 3.63) is 84.5 Å². The Bertz CT molecular complexity index is 1550. The molecule has 0 spiro atoms. The minimum atomic E-state index is -0.740. The molecule has 2 heterocycles. The summed E-state index contributed by atoms with van der Waals surface area (Å²) < 4.78 is 18.7. The van der Waals surface area contributed by atoms with E-state index in [1.807, 2.05) is 48.5 Å². The average Bonchev–Trinajstić information content (AvgIpc) is 3.23. The summed E-state index contributed by atoms with van der Waals surface area (Å²) in [6.45, 7) is 9.69. The van der Waals surface area contributed by atoms with Crippen LogP contribution in [0.1, 0.15) is 44.9 Å². The van der Waals surface area contributed by atoms with E-state index in [-0.39, 0.29) is 12.2 Å². The van der Waals surface area contributed by atoms with E-state index in [9.17, 15) is 9.59 Å². The minimum Gasteiger partial charge on any atom is -0.496 e. The van der Waals surface area contributed by atoms with Gasteiger partial charge in [0.25, 0.3) is 5.56 Å². The van der Waals surface area contributed by atoms with Crippen LogP contribution in [0.2, 0.25) is 0 Å². The quantitative estimate of drug-likeness (QED) is 0.389. The maximum atomic E-state index is 13.9. The zero-order valence-corrected chi connectivity index (χ0v) is 23.4. The largest absolute Gasteiger partial charge is 0.496 e. The van der Waals surface area contributed by atoms with Gasteiger partial charge in [0.2, 0.25) is 0 Å². The van der Waals surface area contributed by atoms with Gasteiger partial charge in [-0.05, 0) is 52.0 Å². The fourth-order valence-corrected chi connectivity index (χ4v) is 5.76. The SMILES string of the molecule is CCOC(=O)C1=C(C)N=c2s/c(=C/c3ccc(N(CC)CC)cc3OC)c(=O)n2[C@@H]1c1ccccc1OC. The van der Waals surface area contributed by atoms with E-state index in [2.05, 4.69) is 23.7 Å². The summed E-state index contributed by atoms with van der Waals surface area (Å²) >= 11 is 1.27. The fraction of sp³-hybridized carbons (Fsp3) is 0.345. The summed E-state index contributed by atoms with van der Waals surface area (Å²) in [7, 11) is 3.19. The molecule has 0 bridgehead atoms. The number of aromatic nitrogens is 1. The molecule has 4 rings (SSSR count). The molecular formula is C29H33N3O5S. The molecule has 0 unspecified atom stereocenters. The van der Waals surface area contributed by atoms with Gasteiger partial charge >= 0.3 is 5.97 Å². The molecule has 0 N–H and O–H groups in total. The number of anilines is 1. The smallest absolute Gasteiger partial charge is 0.338 e. The van der Waals surface area contributed by atoms with E-state index in [1.165, 1.54) is 11.3 Å². The first kappa shape index (κ1) is 27.2. The first-order valence-corrected chi connectivity index (χ1v) is 13.5. The lowest BCUT2D eigenvalue weighted by molar-refractivity contribution is -0.139. The molecule has 0 radical (unpaired) electrons. The highest BCUT2D eigenvalue weighted by molar-refractivity contribution is 7.07. The number of hydrogen-bond acceptors (Lipinski definition) is 8. The van der Waals surface area contributed by atoms with Crippen LogP contribution < -0.4 is 29.3 Å². The topological polar surface area (TPSA) is 82.4 Å². The van der Waals surface area contributed by atoms with Crippen molar-refractivity contribution in [2.24, 2.45) is 4.99 Å². The molecule has 0 amide bonds. The number of nitrogens with zero attached hydrogens (tertiary/aromatic N) is 3. The molecule has 3 aromatic rings. The van der Waals surface area contributed by atoms with Crippen LogP contribution in [0.25, 0.3) is 6.08 Å². The highest BCUT2D eigenvalue weighted by Crippen LogP contribution is 2.35. The number of rotatable bonds is 9. The first-order chi connectivity index (χ1) is 18.4. The number of carbonyl (C=O) groups is 1. The molecule has 8 nitrogen and oxygen atoms in total. The number of esters is 1. The summed E-state index contributed by atoms with van der Waals surface area (Å²) in [5.74, 6) is 0.731. The van der Waals surface area contributed by atoms with Crippen LogP contribution >= 0.6 is 11.3 Å². The summed E-state index contributed by atoms with van der Waals surface area (Å²) in [6, 6.07) is 12.6. The summed E-state index contributed by atoms with van der Waals surface area (Å²) in [5, 5.41) is 0. The van der Waals surface area contributed by atoms with E-state index >= 15 is 0 Å². The Labute approximate surface area is 226 Å². The Morgan fingerprint density at radius 2 is 1.79 bits per heavy atom. The van der Waals surface area contributed by atoms with E-state index in [1.54, 1.807) is 32.6 Å². The third-order valence-electron chi connectivity index (χ3n) is 6.58. The van der Waals surface area contributed by atoms with Gasteiger partial charge in [-0.3, -0.25) is 9.36 Å². The lowest BCUT2D eigenvalue weighted by atomic mass is 9.95. The highest BCUT2D eigenvalue weighted by Gasteiger charge is 2.35. The van der Waals surface area contributed by atoms with Crippen LogP contribution in [-0.2, 0) is 9.53 Å². The molecule has 1 atom stereocenters. The Balaban J connectivity index is 1.93.